The first kappa shape index (κ1) is 12.7. The van der Waals surface area contributed by atoms with E-state index in [0.717, 1.165) is 24.3 Å². The summed E-state index contributed by atoms with van der Waals surface area (Å²) in [5, 5.41) is 0. The molecule has 0 amide bonds. The maximum atomic E-state index is 11.8. The van der Waals surface area contributed by atoms with Gasteiger partial charge < -0.3 is 4.90 Å². The van der Waals surface area contributed by atoms with Crippen LogP contribution >= 0.6 is 0 Å². The minimum absolute atomic E-state index is 0.170. The molecule has 3 rings (SSSR count). The van der Waals surface area contributed by atoms with Gasteiger partial charge in [-0.05, 0) is 44.9 Å². The van der Waals surface area contributed by atoms with Crippen molar-refractivity contribution in [2.24, 2.45) is 0 Å². The molecule has 0 spiro atoms. The third-order valence-corrected chi connectivity index (χ3v) is 4.43. The Labute approximate surface area is 115 Å². The summed E-state index contributed by atoms with van der Waals surface area (Å²) < 4.78 is 0. The largest absolute Gasteiger partial charge is 0.369 e. The van der Waals surface area contributed by atoms with Gasteiger partial charge in [0.05, 0.1) is 0 Å². The van der Waals surface area contributed by atoms with Gasteiger partial charge in [0.1, 0.15) is 0 Å². The van der Waals surface area contributed by atoms with Crippen molar-refractivity contribution in [3.8, 4) is 0 Å². The topological polar surface area (TPSA) is 23.6 Å². The van der Waals surface area contributed by atoms with Crippen LogP contribution in [0.4, 0.5) is 5.69 Å². The van der Waals surface area contributed by atoms with Crippen LogP contribution in [0, 0.1) is 0 Å². The predicted octanol–water partition coefficient (Wildman–Crippen LogP) is 2.56. The number of ketones is 1. The molecule has 0 aliphatic carbocycles. The molecule has 0 N–H and O–H groups in total. The standard InChI is InChI=1S/C16H22N2O/c1-13(19)15-7-2-3-8-16(15)18-11-5-10-17-9-4-6-14(17)12-18/h2-3,7-8,14H,4-6,9-12H2,1H3. The van der Waals surface area contributed by atoms with Crippen molar-refractivity contribution in [2.45, 2.75) is 32.2 Å². The normalized spacial score (nSPS) is 24.1. The number of hydrogen-bond acceptors (Lipinski definition) is 3. The highest BCUT2D eigenvalue weighted by atomic mass is 16.1. The number of carbonyl (C=O) groups excluding carboxylic acids is 1. The van der Waals surface area contributed by atoms with Crippen LogP contribution in [0.25, 0.3) is 0 Å². The molecular formula is C16H22N2O. The highest BCUT2D eigenvalue weighted by molar-refractivity contribution is 5.99. The fraction of sp³-hybridized carbons (Fsp3) is 0.562. The van der Waals surface area contributed by atoms with E-state index in [1.807, 2.05) is 18.2 Å². The molecule has 0 saturated carbocycles. The molecule has 0 bridgehead atoms. The molecule has 102 valence electrons. The third-order valence-electron chi connectivity index (χ3n) is 4.43. The van der Waals surface area contributed by atoms with Gasteiger partial charge in [0.2, 0.25) is 0 Å². The van der Waals surface area contributed by atoms with E-state index in [9.17, 15) is 4.79 Å². The highest BCUT2D eigenvalue weighted by Crippen LogP contribution is 2.27. The molecule has 3 nitrogen and oxygen atoms in total. The molecule has 2 heterocycles. The average Bonchev–Trinajstić information content (AvgIpc) is 2.76. The van der Waals surface area contributed by atoms with E-state index < -0.39 is 0 Å². The number of carbonyl (C=O) groups is 1. The van der Waals surface area contributed by atoms with Crippen molar-refractivity contribution < 1.29 is 4.79 Å². The van der Waals surface area contributed by atoms with E-state index in [2.05, 4.69) is 15.9 Å². The number of benzene rings is 1. The number of anilines is 1. The molecule has 1 aromatic carbocycles. The zero-order valence-corrected chi connectivity index (χ0v) is 11.6. The van der Waals surface area contributed by atoms with Gasteiger partial charge in [-0.1, -0.05) is 12.1 Å². The molecular weight excluding hydrogens is 236 g/mol. The molecule has 1 unspecified atom stereocenters. The molecule has 1 atom stereocenters. The Morgan fingerprint density at radius 1 is 1.16 bits per heavy atom. The van der Waals surface area contributed by atoms with E-state index in [1.165, 1.54) is 32.4 Å². The highest BCUT2D eigenvalue weighted by Gasteiger charge is 2.29. The van der Waals surface area contributed by atoms with Crippen LogP contribution in [0.5, 0.6) is 0 Å². The van der Waals surface area contributed by atoms with Crippen molar-refractivity contribution in [3.05, 3.63) is 29.8 Å². The van der Waals surface area contributed by atoms with Gasteiger partial charge in [-0.15, -0.1) is 0 Å². The van der Waals surface area contributed by atoms with Crippen LogP contribution in [-0.4, -0.2) is 42.9 Å². The molecule has 2 saturated heterocycles. The molecule has 2 aliphatic heterocycles. The van der Waals surface area contributed by atoms with Gasteiger partial charge in [-0.3, -0.25) is 9.69 Å². The lowest BCUT2D eigenvalue weighted by Crippen LogP contribution is -2.37. The number of nitrogens with zero attached hydrogens (tertiary/aromatic N) is 2. The van der Waals surface area contributed by atoms with E-state index in [0.29, 0.717) is 6.04 Å². The van der Waals surface area contributed by atoms with Crippen LogP contribution in [0.1, 0.15) is 36.5 Å². The van der Waals surface area contributed by atoms with Gasteiger partial charge in [0.15, 0.2) is 5.78 Å². The first-order valence-electron chi connectivity index (χ1n) is 7.34. The monoisotopic (exact) mass is 258 g/mol. The summed E-state index contributed by atoms with van der Waals surface area (Å²) in [6.45, 7) is 6.27. The second kappa shape index (κ2) is 5.33. The molecule has 2 fully saturated rings. The fourth-order valence-electron chi connectivity index (χ4n) is 3.47. The second-order valence-corrected chi connectivity index (χ2v) is 5.70. The predicted molar refractivity (Wildman–Crippen MR) is 77.9 cm³/mol. The minimum atomic E-state index is 0.170. The van der Waals surface area contributed by atoms with Gasteiger partial charge in [-0.2, -0.15) is 0 Å². The Balaban J connectivity index is 1.87. The van der Waals surface area contributed by atoms with E-state index in [-0.39, 0.29) is 5.78 Å². The molecule has 19 heavy (non-hydrogen) atoms. The number of fused-ring (bicyclic) bond motifs is 1. The Morgan fingerprint density at radius 3 is 2.79 bits per heavy atom. The van der Waals surface area contributed by atoms with Gasteiger partial charge in [0.25, 0.3) is 0 Å². The van der Waals surface area contributed by atoms with Crippen LogP contribution < -0.4 is 4.90 Å². The van der Waals surface area contributed by atoms with Crippen LogP contribution in [-0.2, 0) is 0 Å². The summed E-state index contributed by atoms with van der Waals surface area (Å²) in [5.41, 5.74) is 2.00. The van der Waals surface area contributed by atoms with Gasteiger partial charge >= 0.3 is 0 Å². The zero-order chi connectivity index (χ0) is 13.2. The summed E-state index contributed by atoms with van der Waals surface area (Å²) in [6.07, 6.45) is 3.83. The molecule has 1 aromatic rings. The second-order valence-electron chi connectivity index (χ2n) is 5.70. The van der Waals surface area contributed by atoms with E-state index in [4.69, 9.17) is 0 Å². The average molecular weight is 258 g/mol. The maximum absolute atomic E-state index is 11.8. The van der Waals surface area contributed by atoms with E-state index >= 15 is 0 Å². The maximum Gasteiger partial charge on any atom is 0.161 e. The van der Waals surface area contributed by atoms with Crippen LogP contribution in [0.3, 0.4) is 0 Å². The number of rotatable bonds is 2. The lowest BCUT2D eigenvalue weighted by Gasteiger charge is -2.28. The summed E-state index contributed by atoms with van der Waals surface area (Å²) in [4.78, 5) is 16.8. The molecule has 0 radical (unpaired) electrons. The van der Waals surface area contributed by atoms with Crippen LogP contribution in [0.2, 0.25) is 0 Å². The van der Waals surface area contributed by atoms with Gasteiger partial charge in [0, 0.05) is 36.9 Å². The Bertz CT molecular complexity index is 472. The fourth-order valence-corrected chi connectivity index (χ4v) is 3.47. The number of hydrogen-bond donors (Lipinski definition) is 0. The first-order valence-corrected chi connectivity index (χ1v) is 7.34. The Kier molecular flexibility index (Phi) is 3.56. The summed E-state index contributed by atoms with van der Waals surface area (Å²) in [7, 11) is 0. The van der Waals surface area contributed by atoms with Crippen molar-refractivity contribution in [3.63, 3.8) is 0 Å². The van der Waals surface area contributed by atoms with E-state index in [1.54, 1.807) is 6.92 Å². The molecule has 2 aliphatic rings. The number of Topliss-reactive ketones (excluding diaryl/α,β-unsaturated/α-hetero) is 1. The molecule has 3 heteroatoms. The van der Waals surface area contributed by atoms with Crippen molar-refractivity contribution in [1.82, 2.24) is 4.90 Å². The number of para-hydroxylation sites is 1. The van der Waals surface area contributed by atoms with Gasteiger partial charge in [-0.25, -0.2) is 0 Å². The Hall–Kier alpha value is -1.35. The van der Waals surface area contributed by atoms with Crippen molar-refractivity contribution in [2.75, 3.05) is 31.1 Å². The molecule has 0 aromatic heterocycles. The Morgan fingerprint density at radius 2 is 1.95 bits per heavy atom. The van der Waals surface area contributed by atoms with Crippen molar-refractivity contribution >= 4 is 11.5 Å². The minimum Gasteiger partial charge on any atom is -0.369 e. The lowest BCUT2D eigenvalue weighted by molar-refractivity contribution is 0.101. The quantitative estimate of drug-likeness (QED) is 0.762. The summed E-state index contributed by atoms with van der Waals surface area (Å²) in [6, 6.07) is 8.73. The summed E-state index contributed by atoms with van der Waals surface area (Å²) in [5.74, 6) is 0.170. The third kappa shape index (κ3) is 2.52. The summed E-state index contributed by atoms with van der Waals surface area (Å²) >= 11 is 0. The smallest absolute Gasteiger partial charge is 0.161 e. The lowest BCUT2D eigenvalue weighted by atomic mass is 10.1. The van der Waals surface area contributed by atoms with Crippen molar-refractivity contribution in [1.29, 1.82) is 0 Å². The van der Waals surface area contributed by atoms with Crippen LogP contribution in [0.15, 0.2) is 24.3 Å². The first-order chi connectivity index (χ1) is 9.25. The SMILES string of the molecule is CC(=O)c1ccccc1N1CCCN2CCCC2C1. The zero-order valence-electron chi connectivity index (χ0n) is 11.6.